The first-order valence-electron chi connectivity index (χ1n) is 8.14. The Morgan fingerprint density at radius 1 is 1.39 bits per heavy atom. The Hall–Kier alpha value is -1.75. The van der Waals surface area contributed by atoms with Crippen molar-refractivity contribution in [3.05, 3.63) is 29.1 Å². The molecule has 0 unspecified atom stereocenters. The number of nitrogens with zero attached hydrogens (tertiary/aromatic N) is 2. The van der Waals surface area contributed by atoms with E-state index >= 15 is 0 Å². The van der Waals surface area contributed by atoms with Crippen LogP contribution in [0, 0.1) is 0 Å². The molecule has 2 aromatic rings. The summed E-state index contributed by atoms with van der Waals surface area (Å²) in [6.07, 6.45) is 3.85. The van der Waals surface area contributed by atoms with Crippen molar-refractivity contribution in [1.29, 1.82) is 0 Å². The summed E-state index contributed by atoms with van der Waals surface area (Å²) in [7, 11) is 1.81. The van der Waals surface area contributed by atoms with Gasteiger partial charge in [0.25, 0.3) is 0 Å². The molecule has 0 spiro atoms. The molecule has 1 saturated carbocycles. The molecule has 1 aromatic heterocycles. The third-order valence-electron chi connectivity index (χ3n) is 4.59. The highest BCUT2D eigenvalue weighted by atomic mass is 35.5. The first-order valence-corrected chi connectivity index (χ1v) is 8.52. The lowest BCUT2D eigenvalue weighted by atomic mass is 9.86. The average Bonchev–Trinajstić information content (AvgIpc) is 2.97. The standard InChI is InChI=1S/C17H22ClN3O2/c1-3-21(2)17(22)19-13-7-4-11(5-8-13)16-20-14-10-12(18)6-9-15(14)23-16/h6,9-11,13H,3-5,7-8H2,1-2H3,(H,19,22). The van der Waals surface area contributed by atoms with Gasteiger partial charge < -0.3 is 14.6 Å². The van der Waals surface area contributed by atoms with E-state index in [1.54, 1.807) is 4.90 Å². The van der Waals surface area contributed by atoms with E-state index in [0.29, 0.717) is 17.5 Å². The Labute approximate surface area is 141 Å². The van der Waals surface area contributed by atoms with Gasteiger partial charge in [-0.3, -0.25) is 0 Å². The number of hydrogen-bond acceptors (Lipinski definition) is 3. The third-order valence-corrected chi connectivity index (χ3v) is 4.83. The maximum Gasteiger partial charge on any atom is 0.317 e. The summed E-state index contributed by atoms with van der Waals surface area (Å²) in [6, 6.07) is 5.76. The number of hydrogen-bond donors (Lipinski definition) is 1. The lowest BCUT2D eigenvalue weighted by Gasteiger charge is -2.29. The Morgan fingerprint density at radius 2 is 2.13 bits per heavy atom. The number of aromatic nitrogens is 1. The second kappa shape index (κ2) is 6.79. The van der Waals surface area contributed by atoms with E-state index in [0.717, 1.165) is 42.7 Å². The minimum Gasteiger partial charge on any atom is -0.440 e. The minimum atomic E-state index is 0.00690. The van der Waals surface area contributed by atoms with Crippen molar-refractivity contribution in [1.82, 2.24) is 15.2 Å². The van der Waals surface area contributed by atoms with Crippen molar-refractivity contribution in [2.75, 3.05) is 13.6 Å². The van der Waals surface area contributed by atoms with Gasteiger partial charge in [-0.2, -0.15) is 0 Å². The van der Waals surface area contributed by atoms with Crippen molar-refractivity contribution in [3.63, 3.8) is 0 Å². The maximum absolute atomic E-state index is 11.9. The van der Waals surface area contributed by atoms with Gasteiger partial charge in [0.2, 0.25) is 0 Å². The second-order valence-corrected chi connectivity index (χ2v) is 6.61. The van der Waals surface area contributed by atoms with Gasteiger partial charge in [0.1, 0.15) is 5.52 Å². The maximum atomic E-state index is 11.9. The van der Waals surface area contributed by atoms with Gasteiger partial charge in [0.15, 0.2) is 11.5 Å². The number of oxazole rings is 1. The molecule has 1 aliphatic carbocycles. The van der Waals surface area contributed by atoms with Gasteiger partial charge in [-0.15, -0.1) is 0 Å². The molecular formula is C17H22ClN3O2. The van der Waals surface area contributed by atoms with Crippen LogP contribution >= 0.6 is 11.6 Å². The van der Waals surface area contributed by atoms with Gasteiger partial charge in [0.05, 0.1) is 0 Å². The summed E-state index contributed by atoms with van der Waals surface area (Å²) in [4.78, 5) is 18.2. The molecule has 1 N–H and O–H groups in total. The number of urea groups is 1. The highest BCUT2D eigenvalue weighted by Crippen LogP contribution is 2.34. The van der Waals surface area contributed by atoms with Crippen molar-refractivity contribution < 1.29 is 9.21 Å². The quantitative estimate of drug-likeness (QED) is 0.915. The molecule has 1 aromatic carbocycles. The van der Waals surface area contributed by atoms with Gasteiger partial charge in [-0.1, -0.05) is 11.6 Å². The van der Waals surface area contributed by atoms with E-state index in [1.807, 2.05) is 32.2 Å². The molecule has 23 heavy (non-hydrogen) atoms. The highest BCUT2D eigenvalue weighted by molar-refractivity contribution is 6.31. The molecule has 1 heterocycles. The Kier molecular flexibility index (Phi) is 4.76. The Morgan fingerprint density at radius 3 is 2.83 bits per heavy atom. The molecule has 0 atom stereocenters. The fourth-order valence-corrected chi connectivity index (χ4v) is 3.17. The Balaban J connectivity index is 1.60. The van der Waals surface area contributed by atoms with E-state index in [9.17, 15) is 4.79 Å². The molecule has 5 nitrogen and oxygen atoms in total. The summed E-state index contributed by atoms with van der Waals surface area (Å²) in [5.41, 5.74) is 1.59. The van der Waals surface area contributed by atoms with Crippen LogP contribution in [0.4, 0.5) is 4.79 Å². The van der Waals surface area contributed by atoms with Crippen LogP contribution in [0.1, 0.15) is 44.4 Å². The number of rotatable bonds is 3. The van der Waals surface area contributed by atoms with Crippen molar-refractivity contribution in [2.45, 2.75) is 44.6 Å². The van der Waals surface area contributed by atoms with Gasteiger partial charge in [0, 0.05) is 30.6 Å². The third kappa shape index (κ3) is 3.61. The summed E-state index contributed by atoms with van der Waals surface area (Å²) in [6.45, 7) is 2.68. The number of fused-ring (bicyclic) bond motifs is 1. The van der Waals surface area contributed by atoms with Gasteiger partial charge >= 0.3 is 6.03 Å². The number of carbonyl (C=O) groups is 1. The van der Waals surface area contributed by atoms with E-state index < -0.39 is 0 Å². The van der Waals surface area contributed by atoms with Crippen LogP contribution in [0.5, 0.6) is 0 Å². The average molecular weight is 336 g/mol. The van der Waals surface area contributed by atoms with E-state index in [1.165, 1.54) is 0 Å². The molecule has 2 amide bonds. The van der Waals surface area contributed by atoms with Crippen LogP contribution in [-0.2, 0) is 0 Å². The summed E-state index contributed by atoms with van der Waals surface area (Å²) in [5, 5.41) is 3.76. The zero-order valence-electron chi connectivity index (χ0n) is 13.5. The summed E-state index contributed by atoms with van der Waals surface area (Å²) in [5.74, 6) is 1.11. The number of nitrogens with one attached hydrogen (secondary N) is 1. The highest BCUT2D eigenvalue weighted by Gasteiger charge is 2.27. The molecular weight excluding hydrogens is 314 g/mol. The van der Waals surface area contributed by atoms with Crippen molar-refractivity contribution >= 4 is 28.7 Å². The Bertz CT molecular complexity index is 692. The van der Waals surface area contributed by atoms with Crippen molar-refractivity contribution in [3.8, 4) is 0 Å². The van der Waals surface area contributed by atoms with E-state index in [2.05, 4.69) is 10.3 Å². The smallest absolute Gasteiger partial charge is 0.317 e. The van der Waals surface area contributed by atoms with Crippen LogP contribution in [0.15, 0.2) is 22.6 Å². The lowest BCUT2D eigenvalue weighted by Crippen LogP contribution is -2.44. The van der Waals surface area contributed by atoms with Crippen LogP contribution in [-0.4, -0.2) is 35.5 Å². The first-order chi connectivity index (χ1) is 11.1. The molecule has 0 aliphatic heterocycles. The van der Waals surface area contributed by atoms with Crippen molar-refractivity contribution in [2.24, 2.45) is 0 Å². The number of halogens is 1. The van der Waals surface area contributed by atoms with Gasteiger partial charge in [-0.25, -0.2) is 9.78 Å². The number of carbonyl (C=O) groups excluding carboxylic acids is 1. The first kappa shape index (κ1) is 16.1. The molecule has 124 valence electrons. The topological polar surface area (TPSA) is 58.4 Å². The normalized spacial score (nSPS) is 21.3. The lowest BCUT2D eigenvalue weighted by molar-refractivity contribution is 0.200. The largest absolute Gasteiger partial charge is 0.440 e. The zero-order valence-corrected chi connectivity index (χ0v) is 14.3. The second-order valence-electron chi connectivity index (χ2n) is 6.18. The predicted octanol–water partition coefficient (Wildman–Crippen LogP) is 4.17. The van der Waals surface area contributed by atoms with Crippen LogP contribution in [0.25, 0.3) is 11.1 Å². The fourth-order valence-electron chi connectivity index (χ4n) is 3.01. The van der Waals surface area contributed by atoms with E-state index in [-0.39, 0.29) is 12.1 Å². The van der Waals surface area contributed by atoms with E-state index in [4.69, 9.17) is 16.0 Å². The van der Waals surface area contributed by atoms with Crippen LogP contribution in [0.2, 0.25) is 5.02 Å². The fraction of sp³-hybridized carbons (Fsp3) is 0.529. The monoisotopic (exact) mass is 335 g/mol. The van der Waals surface area contributed by atoms with Crippen LogP contribution < -0.4 is 5.32 Å². The van der Waals surface area contributed by atoms with Gasteiger partial charge in [-0.05, 0) is 50.8 Å². The zero-order chi connectivity index (χ0) is 16.4. The summed E-state index contributed by atoms with van der Waals surface area (Å²) >= 11 is 5.99. The SMILES string of the molecule is CCN(C)C(=O)NC1CCC(c2nc3cc(Cl)ccc3o2)CC1. The van der Waals surface area contributed by atoms with Crippen LogP contribution in [0.3, 0.4) is 0 Å². The molecule has 0 saturated heterocycles. The molecule has 0 bridgehead atoms. The number of benzene rings is 1. The number of amides is 2. The molecule has 0 radical (unpaired) electrons. The molecule has 1 aliphatic rings. The molecule has 1 fully saturated rings. The molecule has 3 rings (SSSR count). The summed E-state index contributed by atoms with van der Waals surface area (Å²) < 4.78 is 5.87. The predicted molar refractivity (Wildman–Crippen MR) is 90.9 cm³/mol. The minimum absolute atomic E-state index is 0.00690. The molecule has 6 heteroatoms.